The number of rotatable bonds is 6. The van der Waals surface area contributed by atoms with E-state index in [1.54, 1.807) is 11.8 Å². The third kappa shape index (κ3) is 4.51. The number of hydrogen-bond donors (Lipinski definition) is 0. The van der Waals surface area contributed by atoms with Crippen molar-refractivity contribution >= 4 is 10.8 Å². The van der Waals surface area contributed by atoms with Crippen LogP contribution in [-0.2, 0) is 13.1 Å². The highest BCUT2D eigenvalue weighted by molar-refractivity contribution is 5.83. The molecule has 0 saturated carbocycles. The third-order valence-corrected chi connectivity index (χ3v) is 6.09. The quantitative estimate of drug-likeness (QED) is 0.637. The van der Waals surface area contributed by atoms with Crippen molar-refractivity contribution in [3.63, 3.8) is 0 Å². The van der Waals surface area contributed by atoms with E-state index in [0.29, 0.717) is 6.67 Å². The first-order chi connectivity index (χ1) is 14.1. The van der Waals surface area contributed by atoms with Crippen LogP contribution in [0.4, 0.5) is 0 Å². The summed E-state index contributed by atoms with van der Waals surface area (Å²) in [5.74, 6) is 1.66. The minimum absolute atomic E-state index is 0.00725. The smallest absolute Gasteiger partial charge is 0.275 e. The number of hydrogen-bond acceptors (Lipinski definition) is 4. The van der Waals surface area contributed by atoms with Crippen LogP contribution in [-0.4, -0.2) is 34.9 Å². The fourth-order valence-corrected chi connectivity index (χ4v) is 4.27. The van der Waals surface area contributed by atoms with Gasteiger partial charge < -0.3 is 4.74 Å². The maximum absolute atomic E-state index is 12.8. The minimum Gasteiger partial charge on any atom is -0.497 e. The van der Waals surface area contributed by atoms with Gasteiger partial charge in [0.15, 0.2) is 0 Å². The van der Waals surface area contributed by atoms with E-state index in [9.17, 15) is 4.79 Å². The Morgan fingerprint density at radius 1 is 1.03 bits per heavy atom. The van der Waals surface area contributed by atoms with Crippen LogP contribution in [0.25, 0.3) is 10.8 Å². The normalized spacial score (nSPS) is 15.7. The Balaban J connectivity index is 1.32. The zero-order valence-electron chi connectivity index (χ0n) is 17.3. The maximum Gasteiger partial charge on any atom is 0.275 e. The van der Waals surface area contributed by atoms with E-state index in [1.165, 1.54) is 24.8 Å². The average Bonchev–Trinajstić information content (AvgIpc) is 2.77. The Labute approximate surface area is 171 Å². The second kappa shape index (κ2) is 8.78. The first kappa shape index (κ1) is 19.6. The lowest BCUT2D eigenvalue weighted by molar-refractivity contribution is 0.135. The molecule has 1 aromatic heterocycles. The van der Waals surface area contributed by atoms with Crippen molar-refractivity contribution in [1.82, 2.24) is 14.7 Å². The first-order valence-corrected chi connectivity index (χ1v) is 10.5. The Morgan fingerprint density at radius 3 is 2.41 bits per heavy atom. The molecule has 1 fully saturated rings. The van der Waals surface area contributed by atoms with E-state index in [2.05, 4.69) is 22.1 Å². The molecule has 0 amide bonds. The summed E-state index contributed by atoms with van der Waals surface area (Å²) in [5.41, 5.74) is 2.29. The van der Waals surface area contributed by atoms with Gasteiger partial charge in [-0.05, 0) is 62.3 Å². The molecular weight excluding hydrogens is 362 g/mol. The minimum atomic E-state index is 0.00725. The van der Waals surface area contributed by atoms with Crippen LogP contribution in [0.15, 0.2) is 53.3 Å². The highest BCUT2D eigenvalue weighted by Gasteiger charge is 2.20. The molecule has 0 N–H and O–H groups in total. The lowest BCUT2D eigenvalue weighted by Gasteiger charge is -2.32. The molecule has 3 aromatic rings. The van der Waals surface area contributed by atoms with Crippen molar-refractivity contribution in [1.29, 1.82) is 0 Å². The van der Waals surface area contributed by atoms with Gasteiger partial charge in [-0.2, -0.15) is 5.10 Å². The van der Waals surface area contributed by atoms with Gasteiger partial charge in [0, 0.05) is 18.5 Å². The molecule has 2 aromatic carbocycles. The van der Waals surface area contributed by atoms with E-state index in [-0.39, 0.29) is 5.56 Å². The highest BCUT2D eigenvalue weighted by atomic mass is 16.5. The van der Waals surface area contributed by atoms with E-state index in [0.717, 1.165) is 47.6 Å². The van der Waals surface area contributed by atoms with Crippen LogP contribution in [0.5, 0.6) is 5.75 Å². The fourth-order valence-electron chi connectivity index (χ4n) is 4.27. The van der Waals surface area contributed by atoms with Crippen LogP contribution in [0.3, 0.4) is 0 Å². The maximum atomic E-state index is 12.8. The molecule has 0 unspecified atom stereocenters. The number of fused-ring (bicyclic) bond motifs is 1. The Morgan fingerprint density at radius 2 is 1.72 bits per heavy atom. The van der Waals surface area contributed by atoms with Gasteiger partial charge >= 0.3 is 0 Å². The number of aryl methyl sites for hydroxylation is 2. The van der Waals surface area contributed by atoms with E-state index in [4.69, 9.17) is 4.74 Å². The van der Waals surface area contributed by atoms with Crippen molar-refractivity contribution in [3.05, 3.63) is 70.1 Å². The van der Waals surface area contributed by atoms with Crippen molar-refractivity contribution in [2.75, 3.05) is 20.2 Å². The molecule has 2 heterocycles. The number of nitrogens with zero attached hydrogens (tertiary/aromatic N) is 3. The highest BCUT2D eigenvalue weighted by Crippen LogP contribution is 2.23. The zero-order valence-corrected chi connectivity index (χ0v) is 17.3. The number of piperidine rings is 1. The SMILES string of the molecule is COc1ccc(CCC2CCN(Cn3nc(C)c4ccccc4c3=O)CC2)cc1. The van der Waals surface area contributed by atoms with Crippen LogP contribution < -0.4 is 10.3 Å². The molecule has 152 valence electrons. The predicted octanol–water partition coefficient (Wildman–Crippen LogP) is 4.02. The monoisotopic (exact) mass is 391 g/mol. The molecule has 4 rings (SSSR count). The number of benzene rings is 2. The summed E-state index contributed by atoms with van der Waals surface area (Å²) in [7, 11) is 1.70. The van der Waals surface area contributed by atoms with Gasteiger partial charge in [-0.25, -0.2) is 4.68 Å². The average molecular weight is 392 g/mol. The van der Waals surface area contributed by atoms with Crippen molar-refractivity contribution < 1.29 is 4.74 Å². The van der Waals surface area contributed by atoms with Gasteiger partial charge in [0.1, 0.15) is 5.75 Å². The van der Waals surface area contributed by atoms with Crippen LogP contribution in [0, 0.1) is 12.8 Å². The number of methoxy groups -OCH3 is 1. The van der Waals surface area contributed by atoms with Crippen LogP contribution in [0.1, 0.15) is 30.5 Å². The van der Waals surface area contributed by atoms with Crippen molar-refractivity contribution in [3.8, 4) is 5.75 Å². The molecule has 1 aliphatic rings. The van der Waals surface area contributed by atoms with Crippen molar-refractivity contribution in [2.45, 2.75) is 39.3 Å². The molecule has 0 bridgehead atoms. The molecule has 29 heavy (non-hydrogen) atoms. The lowest BCUT2D eigenvalue weighted by atomic mass is 9.91. The molecule has 1 saturated heterocycles. The molecule has 5 heteroatoms. The summed E-state index contributed by atoms with van der Waals surface area (Å²) in [5, 5.41) is 6.27. The molecule has 1 aliphatic heterocycles. The zero-order chi connectivity index (χ0) is 20.2. The molecular formula is C24H29N3O2. The Bertz CT molecular complexity index is 1020. The summed E-state index contributed by atoms with van der Waals surface area (Å²) < 4.78 is 6.86. The van der Waals surface area contributed by atoms with Gasteiger partial charge in [0.05, 0.1) is 24.9 Å². The first-order valence-electron chi connectivity index (χ1n) is 10.5. The number of ether oxygens (including phenoxy) is 1. The number of likely N-dealkylation sites (tertiary alicyclic amines) is 1. The molecule has 0 aliphatic carbocycles. The van der Waals surface area contributed by atoms with Crippen LogP contribution in [0.2, 0.25) is 0 Å². The van der Waals surface area contributed by atoms with Gasteiger partial charge in [0.2, 0.25) is 0 Å². The third-order valence-electron chi connectivity index (χ3n) is 6.09. The van der Waals surface area contributed by atoms with E-state index in [1.807, 2.05) is 43.3 Å². The second-order valence-corrected chi connectivity index (χ2v) is 8.03. The standard InChI is InChI=1S/C24H29N3O2/c1-18-22-5-3-4-6-23(22)24(28)27(25-18)17-26-15-13-20(14-16-26)8-7-19-9-11-21(29-2)12-10-19/h3-6,9-12,20H,7-8,13-17H2,1-2H3. The Hall–Kier alpha value is -2.66. The van der Waals surface area contributed by atoms with Gasteiger partial charge in [-0.3, -0.25) is 9.69 Å². The number of aromatic nitrogens is 2. The van der Waals surface area contributed by atoms with E-state index >= 15 is 0 Å². The summed E-state index contributed by atoms with van der Waals surface area (Å²) in [6.07, 6.45) is 4.68. The topological polar surface area (TPSA) is 47.4 Å². The van der Waals surface area contributed by atoms with Gasteiger partial charge in [-0.1, -0.05) is 30.3 Å². The fraction of sp³-hybridized carbons (Fsp3) is 0.417. The Kier molecular flexibility index (Phi) is 5.95. The molecule has 0 spiro atoms. The summed E-state index contributed by atoms with van der Waals surface area (Å²) in [4.78, 5) is 15.1. The summed E-state index contributed by atoms with van der Waals surface area (Å²) in [6, 6.07) is 16.1. The summed E-state index contributed by atoms with van der Waals surface area (Å²) in [6.45, 7) is 4.60. The van der Waals surface area contributed by atoms with Gasteiger partial charge in [-0.15, -0.1) is 0 Å². The molecule has 0 radical (unpaired) electrons. The van der Waals surface area contributed by atoms with E-state index < -0.39 is 0 Å². The molecule has 5 nitrogen and oxygen atoms in total. The van der Waals surface area contributed by atoms with Gasteiger partial charge in [0.25, 0.3) is 5.56 Å². The predicted molar refractivity (Wildman–Crippen MR) is 116 cm³/mol. The van der Waals surface area contributed by atoms with Crippen molar-refractivity contribution in [2.24, 2.45) is 5.92 Å². The van der Waals surface area contributed by atoms with Crippen LogP contribution >= 0.6 is 0 Å². The largest absolute Gasteiger partial charge is 0.497 e. The summed E-state index contributed by atoms with van der Waals surface area (Å²) >= 11 is 0. The second-order valence-electron chi connectivity index (χ2n) is 8.03. The lowest BCUT2D eigenvalue weighted by Crippen LogP contribution is -2.39. The molecule has 0 atom stereocenters.